The molecule has 0 radical (unpaired) electrons. The van der Waals surface area contributed by atoms with Gasteiger partial charge in [0.1, 0.15) is 12.0 Å². The fraction of sp³-hybridized carbons (Fsp3) is 0.375. The lowest BCUT2D eigenvalue weighted by Crippen LogP contribution is -2.21. The summed E-state index contributed by atoms with van der Waals surface area (Å²) in [5.74, 6) is -0.970. The largest absolute Gasteiger partial charge is 0.324 e. The molecule has 1 aliphatic carbocycles. The summed E-state index contributed by atoms with van der Waals surface area (Å²) < 4.78 is 25.3. The molecule has 2 nitrogen and oxygen atoms in total. The maximum absolute atomic E-state index is 12.8. The molecule has 0 saturated carbocycles. The number of allylic oxidation sites excluding steroid dienone is 3. The van der Waals surface area contributed by atoms with Gasteiger partial charge in [-0.25, -0.2) is 8.78 Å². The van der Waals surface area contributed by atoms with E-state index in [-0.39, 0.29) is 18.0 Å². The second kappa shape index (κ2) is 3.47. The third kappa shape index (κ3) is 2.15. The van der Waals surface area contributed by atoms with Gasteiger partial charge in [0.25, 0.3) is 0 Å². The first-order valence-corrected chi connectivity index (χ1v) is 3.58. The van der Waals surface area contributed by atoms with E-state index in [1.54, 1.807) is 0 Å². The summed E-state index contributed by atoms with van der Waals surface area (Å²) in [5, 5.41) is 2.26. The third-order valence-electron chi connectivity index (χ3n) is 1.45. The second-order valence-electron chi connectivity index (χ2n) is 2.58. The highest BCUT2D eigenvalue weighted by molar-refractivity contribution is 5.75. The van der Waals surface area contributed by atoms with Gasteiger partial charge in [-0.05, 0) is 12.2 Å². The second-order valence-corrected chi connectivity index (χ2v) is 2.58. The normalized spacial score (nSPS) is 22.8. The van der Waals surface area contributed by atoms with E-state index in [9.17, 15) is 13.6 Å². The summed E-state index contributed by atoms with van der Waals surface area (Å²) >= 11 is 0. The highest BCUT2D eigenvalue weighted by Gasteiger charge is 2.15. The lowest BCUT2D eigenvalue weighted by molar-refractivity contribution is -0.118. The molecule has 1 unspecified atom stereocenters. The van der Waals surface area contributed by atoms with Crippen LogP contribution in [0.4, 0.5) is 8.78 Å². The molecule has 0 heterocycles. The molecular weight excluding hydrogens is 164 g/mol. The van der Waals surface area contributed by atoms with Gasteiger partial charge in [0.2, 0.25) is 5.91 Å². The van der Waals surface area contributed by atoms with Gasteiger partial charge in [-0.2, -0.15) is 0 Å². The molecule has 1 amide bonds. The SMILES string of the molecule is CC(=O)NC1=C(F)CC(F)C=C1. The first-order valence-electron chi connectivity index (χ1n) is 3.58. The van der Waals surface area contributed by atoms with E-state index in [1.165, 1.54) is 19.1 Å². The minimum Gasteiger partial charge on any atom is -0.324 e. The Morgan fingerprint density at radius 3 is 2.92 bits per heavy atom. The fourth-order valence-electron chi connectivity index (χ4n) is 0.939. The first-order chi connectivity index (χ1) is 5.59. The van der Waals surface area contributed by atoms with Gasteiger partial charge in [-0.15, -0.1) is 0 Å². The Bertz CT molecular complexity index is 258. The average molecular weight is 173 g/mol. The molecule has 66 valence electrons. The quantitative estimate of drug-likeness (QED) is 0.641. The molecule has 0 aromatic heterocycles. The number of halogens is 2. The van der Waals surface area contributed by atoms with Gasteiger partial charge in [0.05, 0.1) is 5.70 Å². The minimum atomic E-state index is -1.28. The van der Waals surface area contributed by atoms with E-state index >= 15 is 0 Å². The number of carbonyl (C=O) groups is 1. The van der Waals surface area contributed by atoms with Crippen molar-refractivity contribution >= 4 is 5.91 Å². The van der Waals surface area contributed by atoms with E-state index < -0.39 is 12.0 Å². The standard InChI is InChI=1S/C8H9F2NO/c1-5(12)11-8-3-2-6(9)4-7(8)10/h2-3,6H,4H2,1H3,(H,11,12). The number of hydrogen-bond donors (Lipinski definition) is 1. The van der Waals surface area contributed by atoms with Crippen LogP contribution in [0.3, 0.4) is 0 Å². The molecule has 0 spiro atoms. The van der Waals surface area contributed by atoms with Crippen molar-refractivity contribution in [3.05, 3.63) is 23.7 Å². The van der Waals surface area contributed by atoms with Crippen molar-refractivity contribution in [2.24, 2.45) is 0 Å². The molecular formula is C8H9F2NO. The average Bonchev–Trinajstić information content (AvgIpc) is 1.94. The van der Waals surface area contributed by atoms with E-state index in [0.29, 0.717) is 0 Å². The Hall–Kier alpha value is -1.19. The van der Waals surface area contributed by atoms with Gasteiger partial charge in [-0.1, -0.05) is 0 Å². The van der Waals surface area contributed by atoms with Crippen LogP contribution in [0.2, 0.25) is 0 Å². The molecule has 12 heavy (non-hydrogen) atoms. The summed E-state index contributed by atoms with van der Waals surface area (Å²) in [6.45, 7) is 1.27. The maximum atomic E-state index is 12.8. The van der Waals surface area contributed by atoms with Gasteiger partial charge in [0, 0.05) is 13.3 Å². The van der Waals surface area contributed by atoms with E-state index in [2.05, 4.69) is 5.32 Å². The highest BCUT2D eigenvalue weighted by Crippen LogP contribution is 2.20. The van der Waals surface area contributed by atoms with Crippen LogP contribution >= 0.6 is 0 Å². The summed E-state index contributed by atoms with van der Waals surface area (Å²) in [5.41, 5.74) is 0.0661. The lowest BCUT2D eigenvalue weighted by Gasteiger charge is -2.11. The summed E-state index contributed by atoms with van der Waals surface area (Å²) in [6.07, 6.45) is 0.897. The fourth-order valence-corrected chi connectivity index (χ4v) is 0.939. The van der Waals surface area contributed by atoms with Crippen LogP contribution in [0.5, 0.6) is 0 Å². The zero-order valence-corrected chi connectivity index (χ0v) is 6.60. The van der Waals surface area contributed by atoms with Crippen molar-refractivity contribution in [1.29, 1.82) is 0 Å². The van der Waals surface area contributed by atoms with Crippen molar-refractivity contribution in [2.75, 3.05) is 0 Å². The molecule has 4 heteroatoms. The van der Waals surface area contributed by atoms with E-state index in [1.807, 2.05) is 0 Å². The van der Waals surface area contributed by atoms with E-state index in [0.717, 1.165) is 0 Å². The Morgan fingerprint density at radius 1 is 1.75 bits per heavy atom. The smallest absolute Gasteiger partial charge is 0.221 e. The molecule has 0 fully saturated rings. The van der Waals surface area contributed by atoms with Gasteiger partial charge in [0.15, 0.2) is 0 Å². The van der Waals surface area contributed by atoms with Crippen molar-refractivity contribution < 1.29 is 13.6 Å². The van der Waals surface area contributed by atoms with Gasteiger partial charge in [-0.3, -0.25) is 4.79 Å². The number of amides is 1. The van der Waals surface area contributed by atoms with Gasteiger partial charge >= 0.3 is 0 Å². The number of alkyl halides is 1. The summed E-state index contributed by atoms with van der Waals surface area (Å²) in [6, 6.07) is 0. The lowest BCUT2D eigenvalue weighted by atomic mass is 10.1. The monoisotopic (exact) mass is 173 g/mol. The molecule has 1 rings (SSSR count). The Balaban J connectivity index is 2.70. The van der Waals surface area contributed by atoms with Crippen molar-refractivity contribution in [2.45, 2.75) is 19.5 Å². The molecule has 0 aliphatic heterocycles. The van der Waals surface area contributed by atoms with Crippen LogP contribution in [0.15, 0.2) is 23.7 Å². The number of nitrogens with one attached hydrogen (secondary N) is 1. The van der Waals surface area contributed by atoms with Crippen molar-refractivity contribution in [1.82, 2.24) is 5.32 Å². The van der Waals surface area contributed by atoms with Crippen molar-refractivity contribution in [3.8, 4) is 0 Å². The zero-order chi connectivity index (χ0) is 9.14. The molecule has 0 bridgehead atoms. The van der Waals surface area contributed by atoms with Gasteiger partial charge < -0.3 is 5.32 Å². The molecule has 1 atom stereocenters. The summed E-state index contributed by atoms with van der Waals surface area (Å²) in [7, 11) is 0. The predicted octanol–water partition coefficient (Wildman–Crippen LogP) is 1.60. The number of hydrogen-bond acceptors (Lipinski definition) is 1. The van der Waals surface area contributed by atoms with Crippen LogP contribution in [-0.2, 0) is 4.79 Å². The molecule has 1 aliphatic rings. The minimum absolute atomic E-state index is 0.0661. The summed E-state index contributed by atoms with van der Waals surface area (Å²) in [4.78, 5) is 10.5. The van der Waals surface area contributed by atoms with E-state index in [4.69, 9.17) is 0 Å². The predicted molar refractivity (Wildman–Crippen MR) is 40.6 cm³/mol. The molecule has 0 aromatic carbocycles. The van der Waals surface area contributed by atoms with Crippen LogP contribution in [0, 0.1) is 0 Å². The first kappa shape index (κ1) is 8.90. The molecule has 0 saturated heterocycles. The molecule has 0 aromatic rings. The third-order valence-corrected chi connectivity index (χ3v) is 1.45. The number of rotatable bonds is 1. The highest BCUT2D eigenvalue weighted by atomic mass is 19.1. The topological polar surface area (TPSA) is 29.1 Å². The van der Waals surface area contributed by atoms with Crippen LogP contribution in [-0.4, -0.2) is 12.1 Å². The van der Waals surface area contributed by atoms with Crippen LogP contribution in [0.1, 0.15) is 13.3 Å². The Morgan fingerprint density at radius 2 is 2.42 bits per heavy atom. The Kier molecular flexibility index (Phi) is 2.58. The number of carbonyl (C=O) groups excluding carboxylic acids is 1. The zero-order valence-electron chi connectivity index (χ0n) is 6.60. The van der Waals surface area contributed by atoms with Crippen molar-refractivity contribution in [3.63, 3.8) is 0 Å². The Labute approximate surface area is 69.0 Å². The molecule has 1 N–H and O–H groups in total. The van der Waals surface area contributed by atoms with Crippen LogP contribution in [0.25, 0.3) is 0 Å². The van der Waals surface area contributed by atoms with Crippen LogP contribution < -0.4 is 5.32 Å². The maximum Gasteiger partial charge on any atom is 0.221 e.